The van der Waals surface area contributed by atoms with Crippen molar-refractivity contribution in [2.45, 2.75) is 78.3 Å². The molecule has 1 aromatic heterocycles. The molecule has 4 aromatic rings. The summed E-state index contributed by atoms with van der Waals surface area (Å²) in [7, 11) is 0. The predicted octanol–water partition coefficient (Wildman–Crippen LogP) is 5.42. The number of hydrogen-bond donors (Lipinski definition) is 0. The van der Waals surface area contributed by atoms with Gasteiger partial charge in [0.2, 0.25) is 0 Å². The highest BCUT2D eigenvalue weighted by molar-refractivity contribution is 6.17. The lowest BCUT2D eigenvalue weighted by atomic mass is 9.97. The van der Waals surface area contributed by atoms with E-state index in [1.165, 1.54) is 13.8 Å². The standard InChI is InChI=1S/C40H43NO12/c1-24-11-9-14-33-35(24)32(36(46)30-15-17-31(18-16-30)48-20-10-19-47-22-29-12-7-6-8-13-29)21-41(33)40-39(52-28(5)45)38(51-27(4)44)37(50-26(3)43)34(53-40)23-49-25(2)42/h6-9,11-18,21,34,37-40H,10,19-20,22-23H2,1-5H3/t34-,37-,38+,39-,40-/m1/s1. The second-order valence-electron chi connectivity index (χ2n) is 12.6. The first-order chi connectivity index (χ1) is 25.4. The Bertz CT molecular complexity index is 1920. The highest BCUT2D eigenvalue weighted by atomic mass is 16.7. The van der Waals surface area contributed by atoms with Crippen molar-refractivity contribution < 1.29 is 57.1 Å². The van der Waals surface area contributed by atoms with Gasteiger partial charge in [0.1, 0.15) is 18.5 Å². The number of ketones is 1. The molecular weight excluding hydrogens is 686 g/mol. The number of benzene rings is 3. The van der Waals surface area contributed by atoms with Crippen LogP contribution in [0.3, 0.4) is 0 Å². The van der Waals surface area contributed by atoms with Crippen molar-refractivity contribution >= 4 is 40.6 Å². The molecule has 0 N–H and O–H groups in total. The summed E-state index contributed by atoms with van der Waals surface area (Å²) < 4.78 is 41.7. The summed E-state index contributed by atoms with van der Waals surface area (Å²) >= 11 is 0. The molecule has 0 aliphatic carbocycles. The molecule has 5 atom stereocenters. The third-order valence-corrected chi connectivity index (χ3v) is 8.48. The van der Waals surface area contributed by atoms with E-state index in [0.29, 0.717) is 54.0 Å². The quantitative estimate of drug-likeness (QED) is 0.0664. The van der Waals surface area contributed by atoms with Gasteiger partial charge in [-0.25, -0.2) is 0 Å². The fraction of sp³-hybridized carbons (Fsp3) is 0.375. The molecule has 2 heterocycles. The monoisotopic (exact) mass is 729 g/mol. The molecule has 0 saturated carbocycles. The molecule has 0 radical (unpaired) electrons. The smallest absolute Gasteiger partial charge is 0.303 e. The number of hydrogen-bond acceptors (Lipinski definition) is 12. The molecule has 53 heavy (non-hydrogen) atoms. The molecule has 5 rings (SSSR count). The van der Waals surface area contributed by atoms with Gasteiger partial charge < -0.3 is 37.7 Å². The molecular formula is C40H43NO12. The normalized spacial score (nSPS) is 19.6. The molecule has 1 aliphatic rings. The van der Waals surface area contributed by atoms with Gasteiger partial charge in [-0.15, -0.1) is 0 Å². The van der Waals surface area contributed by atoms with Gasteiger partial charge in [0.25, 0.3) is 0 Å². The van der Waals surface area contributed by atoms with Gasteiger partial charge in [-0.3, -0.25) is 24.0 Å². The molecule has 1 aliphatic heterocycles. The number of carbonyl (C=O) groups is 5. The minimum atomic E-state index is -1.37. The lowest BCUT2D eigenvalue weighted by Gasteiger charge is -2.44. The number of aryl methyl sites for hydroxylation is 1. The largest absolute Gasteiger partial charge is 0.494 e. The Kier molecular flexibility index (Phi) is 13.0. The average Bonchev–Trinajstić information content (AvgIpc) is 3.51. The first-order valence-electron chi connectivity index (χ1n) is 17.2. The second kappa shape index (κ2) is 17.8. The van der Waals surface area contributed by atoms with E-state index in [0.717, 1.165) is 25.0 Å². The van der Waals surface area contributed by atoms with Crippen LogP contribution in [0.2, 0.25) is 0 Å². The zero-order chi connectivity index (χ0) is 38.1. The third-order valence-electron chi connectivity index (χ3n) is 8.48. The molecule has 1 fully saturated rings. The van der Waals surface area contributed by atoms with E-state index < -0.39 is 54.5 Å². The minimum Gasteiger partial charge on any atom is -0.494 e. The SMILES string of the molecule is CC(=O)OC[C@H]1O[C@@H](n2cc(C(=O)c3ccc(OCCCOCc4ccccc4)cc3)c3c(C)cccc32)[C@H](OC(C)=O)[C@@H](OC(C)=O)[C@@H]1OC(C)=O. The molecule has 280 valence electrons. The van der Waals surface area contributed by atoms with E-state index in [-0.39, 0.29) is 12.4 Å². The van der Waals surface area contributed by atoms with Crippen LogP contribution in [-0.2, 0) is 54.2 Å². The average molecular weight is 730 g/mol. The zero-order valence-corrected chi connectivity index (χ0v) is 30.3. The van der Waals surface area contributed by atoms with Gasteiger partial charge in [-0.2, -0.15) is 0 Å². The van der Waals surface area contributed by atoms with Gasteiger partial charge in [0.05, 0.1) is 25.3 Å². The molecule has 3 aromatic carbocycles. The highest BCUT2D eigenvalue weighted by Crippen LogP contribution is 2.39. The predicted molar refractivity (Wildman–Crippen MR) is 190 cm³/mol. The van der Waals surface area contributed by atoms with Crippen LogP contribution in [0.5, 0.6) is 5.75 Å². The van der Waals surface area contributed by atoms with Crippen LogP contribution in [0.25, 0.3) is 10.9 Å². The molecule has 13 nitrogen and oxygen atoms in total. The first kappa shape index (κ1) is 38.7. The van der Waals surface area contributed by atoms with Crippen molar-refractivity contribution in [2.24, 2.45) is 0 Å². The van der Waals surface area contributed by atoms with Crippen LogP contribution in [-0.4, -0.2) is 78.5 Å². The Hall–Kier alpha value is -5.53. The summed E-state index contributed by atoms with van der Waals surface area (Å²) in [6.45, 7) is 7.67. The summed E-state index contributed by atoms with van der Waals surface area (Å²) in [4.78, 5) is 63.0. The number of rotatable bonds is 15. The molecule has 0 amide bonds. The Morgan fingerprint density at radius 1 is 0.717 bits per heavy atom. The van der Waals surface area contributed by atoms with Gasteiger partial charge >= 0.3 is 23.9 Å². The van der Waals surface area contributed by atoms with E-state index in [2.05, 4.69) is 0 Å². The van der Waals surface area contributed by atoms with Crippen LogP contribution in [0, 0.1) is 6.92 Å². The van der Waals surface area contributed by atoms with Crippen molar-refractivity contribution in [3.8, 4) is 5.75 Å². The van der Waals surface area contributed by atoms with Gasteiger partial charge in [0.15, 0.2) is 30.3 Å². The summed E-state index contributed by atoms with van der Waals surface area (Å²) in [5.74, 6) is -2.54. The fourth-order valence-electron chi connectivity index (χ4n) is 6.28. The van der Waals surface area contributed by atoms with Crippen LogP contribution < -0.4 is 4.74 Å². The first-order valence-corrected chi connectivity index (χ1v) is 17.2. The van der Waals surface area contributed by atoms with Crippen molar-refractivity contribution in [2.75, 3.05) is 19.8 Å². The lowest BCUT2D eigenvalue weighted by Crippen LogP contribution is -2.60. The summed E-state index contributed by atoms with van der Waals surface area (Å²) in [6.07, 6.45) is -4.16. The van der Waals surface area contributed by atoms with E-state index in [9.17, 15) is 24.0 Å². The summed E-state index contributed by atoms with van der Waals surface area (Å²) in [6, 6.07) is 22.2. The van der Waals surface area contributed by atoms with E-state index in [4.69, 9.17) is 33.2 Å². The van der Waals surface area contributed by atoms with Crippen molar-refractivity contribution in [1.82, 2.24) is 4.57 Å². The number of esters is 4. The van der Waals surface area contributed by atoms with E-state index in [1.54, 1.807) is 47.2 Å². The molecule has 13 heteroatoms. The number of carbonyl (C=O) groups excluding carboxylic acids is 5. The van der Waals surface area contributed by atoms with Crippen molar-refractivity contribution in [1.29, 1.82) is 0 Å². The number of nitrogens with zero attached hydrogens (tertiary/aromatic N) is 1. The molecule has 0 spiro atoms. The maximum Gasteiger partial charge on any atom is 0.303 e. The number of aromatic nitrogens is 1. The van der Waals surface area contributed by atoms with Crippen LogP contribution in [0.1, 0.15) is 67.4 Å². The zero-order valence-electron chi connectivity index (χ0n) is 30.3. The van der Waals surface area contributed by atoms with Gasteiger partial charge in [0, 0.05) is 56.8 Å². The van der Waals surface area contributed by atoms with Crippen LogP contribution >= 0.6 is 0 Å². The van der Waals surface area contributed by atoms with Crippen molar-refractivity contribution in [3.05, 3.63) is 101 Å². The van der Waals surface area contributed by atoms with Gasteiger partial charge in [-0.05, 0) is 48.4 Å². The summed E-state index contributed by atoms with van der Waals surface area (Å²) in [5, 5.41) is 0.612. The van der Waals surface area contributed by atoms with E-state index in [1.807, 2.05) is 43.3 Å². The van der Waals surface area contributed by atoms with Gasteiger partial charge in [-0.1, -0.05) is 42.5 Å². The number of fused-ring (bicyclic) bond motifs is 1. The lowest BCUT2D eigenvalue weighted by molar-refractivity contribution is -0.267. The fourth-order valence-corrected chi connectivity index (χ4v) is 6.28. The maximum atomic E-state index is 14.2. The van der Waals surface area contributed by atoms with Crippen LogP contribution in [0.4, 0.5) is 0 Å². The highest BCUT2D eigenvalue weighted by Gasteiger charge is 2.53. The summed E-state index contributed by atoms with van der Waals surface area (Å²) in [5.41, 5.74) is 3.15. The second-order valence-corrected chi connectivity index (χ2v) is 12.6. The topological polar surface area (TPSA) is 155 Å². The van der Waals surface area contributed by atoms with Crippen molar-refractivity contribution in [3.63, 3.8) is 0 Å². The molecule has 1 saturated heterocycles. The maximum absolute atomic E-state index is 14.2. The number of ether oxygens (including phenoxy) is 7. The Morgan fingerprint density at radius 2 is 1.38 bits per heavy atom. The van der Waals surface area contributed by atoms with E-state index >= 15 is 0 Å². The Balaban J connectivity index is 1.42. The molecule has 0 bridgehead atoms. The Morgan fingerprint density at radius 3 is 2.04 bits per heavy atom. The third kappa shape index (κ3) is 9.87. The Labute approximate surface area is 307 Å². The van der Waals surface area contributed by atoms with Crippen LogP contribution in [0.15, 0.2) is 79.0 Å². The molecule has 0 unspecified atom stereocenters. The minimum absolute atomic E-state index is 0.297.